The van der Waals surface area contributed by atoms with E-state index < -0.39 is 5.97 Å². The number of benzene rings is 2. The number of aromatic carboxylic acids is 1. The van der Waals surface area contributed by atoms with Crippen molar-refractivity contribution >= 4 is 17.5 Å². The van der Waals surface area contributed by atoms with Crippen molar-refractivity contribution in [3.8, 4) is 0 Å². The number of hydrogen-bond acceptors (Lipinski definition) is 3. The van der Waals surface area contributed by atoms with Gasteiger partial charge in [-0.25, -0.2) is 4.79 Å². The molecule has 0 bridgehead atoms. The number of carbonyl (C=O) groups excluding carboxylic acids is 2. The minimum atomic E-state index is -1.05. The van der Waals surface area contributed by atoms with E-state index in [1.54, 1.807) is 49.4 Å². The Balaban J connectivity index is 2.08. The lowest BCUT2D eigenvalue weighted by molar-refractivity contribution is 0.0695. The molecule has 23 heavy (non-hydrogen) atoms. The zero-order chi connectivity index (χ0) is 16.6. The molecule has 0 saturated heterocycles. The highest BCUT2D eigenvalue weighted by Crippen LogP contribution is 2.28. The fraction of sp³-hybridized carbons (Fsp3) is 0.105. The summed E-state index contributed by atoms with van der Waals surface area (Å²) in [5.41, 5.74) is 2.20. The van der Waals surface area contributed by atoms with E-state index in [0.717, 1.165) is 0 Å². The average molecular weight is 306 g/mol. The third kappa shape index (κ3) is 2.48. The standard InChI is InChI=1S/C19H14O4/c1-11-16(10-12-6-2-3-7-13(12)19(22)23)18(21)15-9-5-4-8-14(15)17(11)20/h2-9H,10H2,1H3,(H,22,23). The number of hydrogen-bond donors (Lipinski definition) is 1. The highest BCUT2D eigenvalue weighted by atomic mass is 16.4. The summed E-state index contributed by atoms with van der Waals surface area (Å²) >= 11 is 0. The molecule has 1 aliphatic carbocycles. The molecule has 0 atom stereocenters. The van der Waals surface area contributed by atoms with Gasteiger partial charge in [0.05, 0.1) is 5.56 Å². The van der Waals surface area contributed by atoms with Gasteiger partial charge in [0, 0.05) is 28.7 Å². The van der Waals surface area contributed by atoms with Crippen LogP contribution in [0.5, 0.6) is 0 Å². The Morgan fingerprint density at radius 3 is 2.13 bits per heavy atom. The molecule has 0 amide bonds. The molecule has 0 fully saturated rings. The number of carbonyl (C=O) groups is 3. The Morgan fingerprint density at radius 2 is 1.48 bits per heavy atom. The minimum absolute atomic E-state index is 0.132. The number of carboxylic acid groups (broad SMARTS) is 1. The summed E-state index contributed by atoms with van der Waals surface area (Å²) in [5, 5.41) is 9.27. The monoisotopic (exact) mass is 306 g/mol. The van der Waals surface area contributed by atoms with Crippen LogP contribution < -0.4 is 0 Å². The van der Waals surface area contributed by atoms with Gasteiger partial charge >= 0.3 is 5.97 Å². The molecule has 0 aromatic heterocycles. The first-order valence-corrected chi connectivity index (χ1v) is 7.20. The third-order valence-corrected chi connectivity index (χ3v) is 4.10. The molecular formula is C19H14O4. The van der Waals surface area contributed by atoms with Crippen LogP contribution in [0, 0.1) is 0 Å². The maximum atomic E-state index is 12.7. The maximum absolute atomic E-state index is 12.7. The summed E-state index contributed by atoms with van der Waals surface area (Å²) in [6.45, 7) is 1.62. The first-order chi connectivity index (χ1) is 11.0. The zero-order valence-corrected chi connectivity index (χ0v) is 12.5. The smallest absolute Gasteiger partial charge is 0.335 e. The van der Waals surface area contributed by atoms with Crippen molar-refractivity contribution in [3.05, 3.63) is 81.9 Å². The zero-order valence-electron chi connectivity index (χ0n) is 12.5. The summed E-state index contributed by atoms with van der Waals surface area (Å²) in [5.74, 6) is -1.44. The van der Waals surface area contributed by atoms with E-state index in [1.807, 2.05) is 0 Å². The van der Waals surface area contributed by atoms with Gasteiger partial charge < -0.3 is 5.11 Å². The number of fused-ring (bicyclic) bond motifs is 1. The van der Waals surface area contributed by atoms with Gasteiger partial charge in [-0.15, -0.1) is 0 Å². The van der Waals surface area contributed by atoms with Crippen LogP contribution in [0.3, 0.4) is 0 Å². The second-order valence-corrected chi connectivity index (χ2v) is 5.45. The van der Waals surface area contributed by atoms with Crippen molar-refractivity contribution < 1.29 is 19.5 Å². The van der Waals surface area contributed by atoms with Crippen LogP contribution in [0.25, 0.3) is 0 Å². The summed E-state index contributed by atoms with van der Waals surface area (Å²) < 4.78 is 0. The molecule has 1 aliphatic rings. The SMILES string of the molecule is CC1=C(Cc2ccccc2C(=O)O)C(=O)c2ccccc2C1=O. The molecule has 114 valence electrons. The van der Waals surface area contributed by atoms with Gasteiger partial charge in [-0.05, 0) is 18.6 Å². The van der Waals surface area contributed by atoms with Crippen molar-refractivity contribution in [2.24, 2.45) is 0 Å². The Hall–Kier alpha value is -3.01. The fourth-order valence-electron chi connectivity index (χ4n) is 2.84. The lowest BCUT2D eigenvalue weighted by Crippen LogP contribution is -2.22. The van der Waals surface area contributed by atoms with E-state index in [0.29, 0.717) is 27.8 Å². The largest absolute Gasteiger partial charge is 0.478 e. The summed E-state index contributed by atoms with van der Waals surface area (Å²) in [6, 6.07) is 13.2. The van der Waals surface area contributed by atoms with Gasteiger partial charge in [0.1, 0.15) is 0 Å². The Labute approximate surface area is 133 Å². The van der Waals surface area contributed by atoms with Crippen LogP contribution in [0.15, 0.2) is 59.7 Å². The van der Waals surface area contributed by atoms with E-state index >= 15 is 0 Å². The van der Waals surface area contributed by atoms with Crippen molar-refractivity contribution in [1.29, 1.82) is 0 Å². The molecule has 4 heteroatoms. The molecule has 2 aromatic carbocycles. The summed E-state index contributed by atoms with van der Waals surface area (Å²) in [7, 11) is 0. The molecule has 4 nitrogen and oxygen atoms in total. The maximum Gasteiger partial charge on any atom is 0.335 e. The lowest BCUT2D eigenvalue weighted by atomic mass is 9.82. The van der Waals surface area contributed by atoms with Gasteiger partial charge in [-0.2, -0.15) is 0 Å². The van der Waals surface area contributed by atoms with Crippen LogP contribution in [0.4, 0.5) is 0 Å². The second kappa shape index (κ2) is 5.65. The number of allylic oxidation sites excluding steroid dienone is 2. The molecule has 0 unspecified atom stereocenters. The molecule has 3 rings (SSSR count). The highest BCUT2D eigenvalue weighted by molar-refractivity contribution is 6.26. The second-order valence-electron chi connectivity index (χ2n) is 5.45. The third-order valence-electron chi connectivity index (χ3n) is 4.10. The molecule has 2 aromatic rings. The summed E-state index contributed by atoms with van der Waals surface area (Å²) in [4.78, 5) is 36.5. The predicted molar refractivity (Wildman–Crippen MR) is 84.9 cm³/mol. The molecule has 0 radical (unpaired) electrons. The van der Waals surface area contributed by atoms with Crippen LogP contribution in [-0.2, 0) is 6.42 Å². The van der Waals surface area contributed by atoms with E-state index in [9.17, 15) is 19.5 Å². The fourth-order valence-corrected chi connectivity index (χ4v) is 2.84. The number of Topliss-reactive ketones (excluding diaryl/α,β-unsaturated/α-hetero) is 2. The number of rotatable bonds is 3. The van der Waals surface area contributed by atoms with Crippen LogP contribution in [0.2, 0.25) is 0 Å². The van der Waals surface area contributed by atoms with Crippen LogP contribution in [0.1, 0.15) is 43.6 Å². The average Bonchev–Trinajstić information content (AvgIpc) is 2.57. The minimum Gasteiger partial charge on any atom is -0.478 e. The number of ketones is 2. The van der Waals surface area contributed by atoms with E-state index in [2.05, 4.69) is 0 Å². The first kappa shape index (κ1) is 14.9. The van der Waals surface area contributed by atoms with Crippen molar-refractivity contribution in [3.63, 3.8) is 0 Å². The molecule has 0 spiro atoms. The Kier molecular flexibility index (Phi) is 3.66. The normalized spacial score (nSPS) is 14.0. The first-order valence-electron chi connectivity index (χ1n) is 7.20. The van der Waals surface area contributed by atoms with E-state index in [-0.39, 0.29) is 23.6 Å². The molecule has 0 heterocycles. The Bertz CT molecular complexity index is 874. The van der Waals surface area contributed by atoms with E-state index in [1.165, 1.54) is 6.07 Å². The van der Waals surface area contributed by atoms with Gasteiger partial charge in [-0.3, -0.25) is 9.59 Å². The van der Waals surface area contributed by atoms with Gasteiger partial charge in [0.15, 0.2) is 11.6 Å². The molecule has 0 saturated carbocycles. The Morgan fingerprint density at radius 1 is 0.913 bits per heavy atom. The van der Waals surface area contributed by atoms with Crippen LogP contribution in [-0.4, -0.2) is 22.6 Å². The lowest BCUT2D eigenvalue weighted by Gasteiger charge is -2.19. The molecule has 1 N–H and O–H groups in total. The quantitative estimate of drug-likeness (QED) is 0.944. The predicted octanol–water partition coefficient (Wildman–Crippen LogP) is 3.32. The van der Waals surface area contributed by atoms with Crippen molar-refractivity contribution in [2.75, 3.05) is 0 Å². The molecular weight excluding hydrogens is 292 g/mol. The van der Waals surface area contributed by atoms with Gasteiger partial charge in [0.25, 0.3) is 0 Å². The van der Waals surface area contributed by atoms with Crippen molar-refractivity contribution in [1.82, 2.24) is 0 Å². The van der Waals surface area contributed by atoms with Gasteiger partial charge in [-0.1, -0.05) is 42.5 Å². The molecule has 0 aliphatic heterocycles. The van der Waals surface area contributed by atoms with Crippen molar-refractivity contribution in [2.45, 2.75) is 13.3 Å². The van der Waals surface area contributed by atoms with Crippen LogP contribution >= 0.6 is 0 Å². The summed E-state index contributed by atoms with van der Waals surface area (Å²) in [6.07, 6.45) is 0.132. The van der Waals surface area contributed by atoms with E-state index in [4.69, 9.17) is 0 Å². The topological polar surface area (TPSA) is 71.4 Å². The van der Waals surface area contributed by atoms with Gasteiger partial charge in [0.2, 0.25) is 0 Å². The highest BCUT2D eigenvalue weighted by Gasteiger charge is 2.30. The number of carboxylic acids is 1.